The molecule has 18 heavy (non-hydrogen) atoms. The van der Waals surface area contributed by atoms with Crippen LogP contribution < -0.4 is 9.50 Å². The molecule has 1 aromatic rings. The molecule has 102 valence electrons. The van der Waals surface area contributed by atoms with Crippen LogP contribution >= 0.6 is 0 Å². The van der Waals surface area contributed by atoms with Crippen molar-refractivity contribution in [1.82, 2.24) is 5.32 Å². The standard InChI is InChI=1S/C13H21NO3S/c1-4-11(3)14-10-12-8-6-7-9-13(12)17-18(15,16)5-2/h6-9,11,14H,4-5,10H2,1-3H3. The largest absolute Gasteiger partial charge is 0.382 e. The number of para-hydroxylation sites is 1. The zero-order valence-corrected chi connectivity index (χ0v) is 12.0. The van der Waals surface area contributed by atoms with Crippen LogP contribution in [0.2, 0.25) is 0 Å². The summed E-state index contributed by atoms with van der Waals surface area (Å²) < 4.78 is 28.0. The van der Waals surface area contributed by atoms with E-state index in [0.717, 1.165) is 12.0 Å². The van der Waals surface area contributed by atoms with E-state index in [0.29, 0.717) is 18.3 Å². The highest BCUT2D eigenvalue weighted by atomic mass is 32.2. The lowest BCUT2D eigenvalue weighted by Gasteiger charge is -2.14. The van der Waals surface area contributed by atoms with Crippen molar-refractivity contribution in [2.75, 3.05) is 5.75 Å². The fraction of sp³-hybridized carbons (Fsp3) is 0.538. The van der Waals surface area contributed by atoms with Crippen molar-refractivity contribution < 1.29 is 12.6 Å². The molecule has 1 atom stereocenters. The number of hydrogen-bond donors (Lipinski definition) is 1. The van der Waals surface area contributed by atoms with Crippen molar-refractivity contribution in [1.29, 1.82) is 0 Å². The van der Waals surface area contributed by atoms with Gasteiger partial charge in [-0.25, -0.2) is 0 Å². The average molecular weight is 271 g/mol. The molecule has 1 rings (SSSR count). The Morgan fingerprint density at radius 3 is 2.56 bits per heavy atom. The molecule has 0 saturated carbocycles. The minimum atomic E-state index is -3.47. The molecule has 0 aliphatic heterocycles. The number of rotatable bonds is 7. The third kappa shape index (κ3) is 4.66. The molecule has 0 aliphatic rings. The number of hydrogen-bond acceptors (Lipinski definition) is 4. The number of benzene rings is 1. The SMILES string of the molecule is CCC(C)NCc1ccccc1OS(=O)(=O)CC. The molecule has 0 fully saturated rings. The first-order valence-corrected chi connectivity index (χ1v) is 7.79. The quantitative estimate of drug-likeness (QED) is 0.773. The van der Waals surface area contributed by atoms with E-state index in [2.05, 4.69) is 19.2 Å². The van der Waals surface area contributed by atoms with Gasteiger partial charge in [-0.15, -0.1) is 0 Å². The second-order valence-corrected chi connectivity index (χ2v) is 6.09. The Morgan fingerprint density at radius 2 is 1.94 bits per heavy atom. The number of nitrogens with one attached hydrogen (secondary N) is 1. The summed E-state index contributed by atoms with van der Waals surface area (Å²) in [7, 11) is -3.47. The smallest absolute Gasteiger partial charge is 0.308 e. The Kier molecular flexibility index (Phi) is 5.62. The molecule has 0 radical (unpaired) electrons. The molecule has 0 aromatic heterocycles. The molecule has 0 saturated heterocycles. The molecule has 0 spiro atoms. The molecular formula is C13H21NO3S. The summed E-state index contributed by atoms with van der Waals surface area (Å²) in [5, 5.41) is 3.32. The summed E-state index contributed by atoms with van der Waals surface area (Å²) in [5.41, 5.74) is 0.856. The van der Waals surface area contributed by atoms with Crippen molar-refractivity contribution in [2.45, 2.75) is 39.8 Å². The van der Waals surface area contributed by atoms with Gasteiger partial charge in [0.2, 0.25) is 0 Å². The topological polar surface area (TPSA) is 55.4 Å². The van der Waals surface area contributed by atoms with Crippen molar-refractivity contribution >= 4 is 10.1 Å². The Labute approximate surface area is 109 Å². The van der Waals surface area contributed by atoms with E-state index in [4.69, 9.17) is 4.18 Å². The lowest BCUT2D eigenvalue weighted by Crippen LogP contribution is -2.25. The highest BCUT2D eigenvalue weighted by molar-refractivity contribution is 7.87. The zero-order valence-electron chi connectivity index (χ0n) is 11.1. The Morgan fingerprint density at radius 1 is 1.28 bits per heavy atom. The molecule has 0 heterocycles. The fourth-order valence-corrected chi connectivity index (χ4v) is 1.91. The Balaban J connectivity index is 2.80. The van der Waals surface area contributed by atoms with E-state index in [1.165, 1.54) is 0 Å². The van der Waals surface area contributed by atoms with E-state index >= 15 is 0 Å². The van der Waals surface area contributed by atoms with E-state index in [-0.39, 0.29) is 5.75 Å². The van der Waals surface area contributed by atoms with Gasteiger partial charge in [0.1, 0.15) is 5.75 Å². The molecular weight excluding hydrogens is 250 g/mol. The molecule has 0 amide bonds. The van der Waals surface area contributed by atoms with Crippen molar-refractivity contribution in [3.05, 3.63) is 29.8 Å². The second kappa shape index (κ2) is 6.75. The fourth-order valence-electron chi connectivity index (χ4n) is 1.36. The lowest BCUT2D eigenvalue weighted by atomic mass is 10.2. The molecule has 0 aliphatic carbocycles. The van der Waals surface area contributed by atoms with Gasteiger partial charge in [-0.1, -0.05) is 25.1 Å². The van der Waals surface area contributed by atoms with Crippen molar-refractivity contribution in [3.8, 4) is 5.75 Å². The third-order valence-electron chi connectivity index (χ3n) is 2.80. The van der Waals surface area contributed by atoms with Crippen LogP contribution in [0.1, 0.15) is 32.8 Å². The van der Waals surface area contributed by atoms with Crippen LogP contribution in [0.3, 0.4) is 0 Å². The van der Waals surface area contributed by atoms with Crippen LogP contribution in [0.15, 0.2) is 24.3 Å². The van der Waals surface area contributed by atoms with E-state index in [1.54, 1.807) is 19.1 Å². The normalized spacial score (nSPS) is 13.3. The monoisotopic (exact) mass is 271 g/mol. The van der Waals surface area contributed by atoms with Gasteiger partial charge in [0.15, 0.2) is 0 Å². The van der Waals surface area contributed by atoms with E-state index in [9.17, 15) is 8.42 Å². The minimum absolute atomic E-state index is 0.0277. The minimum Gasteiger partial charge on any atom is -0.382 e. The lowest BCUT2D eigenvalue weighted by molar-refractivity contribution is 0.477. The molecule has 5 heteroatoms. The van der Waals surface area contributed by atoms with Crippen LogP contribution in [0.25, 0.3) is 0 Å². The Bertz CT molecular complexity index is 471. The Hall–Kier alpha value is -1.07. The third-order valence-corrected chi connectivity index (χ3v) is 3.94. The van der Waals surface area contributed by atoms with Gasteiger partial charge >= 0.3 is 10.1 Å². The average Bonchev–Trinajstić information content (AvgIpc) is 2.37. The molecule has 4 nitrogen and oxygen atoms in total. The summed E-state index contributed by atoms with van der Waals surface area (Å²) >= 11 is 0. The second-order valence-electron chi connectivity index (χ2n) is 4.23. The predicted octanol–water partition coefficient (Wildman–Crippen LogP) is 2.30. The van der Waals surface area contributed by atoms with Crippen LogP contribution in [-0.4, -0.2) is 20.2 Å². The summed E-state index contributed by atoms with van der Waals surface area (Å²) in [6, 6.07) is 7.59. The highest BCUT2D eigenvalue weighted by Crippen LogP contribution is 2.20. The maximum atomic E-state index is 11.5. The van der Waals surface area contributed by atoms with Gasteiger partial charge in [-0.3, -0.25) is 0 Å². The molecule has 1 unspecified atom stereocenters. The van der Waals surface area contributed by atoms with Gasteiger partial charge in [0.05, 0.1) is 5.75 Å². The van der Waals surface area contributed by atoms with E-state index < -0.39 is 10.1 Å². The summed E-state index contributed by atoms with van der Waals surface area (Å²) in [4.78, 5) is 0. The highest BCUT2D eigenvalue weighted by Gasteiger charge is 2.12. The van der Waals surface area contributed by atoms with E-state index in [1.807, 2.05) is 12.1 Å². The molecule has 1 aromatic carbocycles. The van der Waals surface area contributed by atoms with Gasteiger partial charge in [0.25, 0.3) is 0 Å². The van der Waals surface area contributed by atoms with Crippen molar-refractivity contribution in [3.63, 3.8) is 0 Å². The first-order valence-electron chi connectivity index (χ1n) is 6.22. The van der Waals surface area contributed by atoms with Crippen molar-refractivity contribution in [2.24, 2.45) is 0 Å². The van der Waals surface area contributed by atoms with Gasteiger partial charge < -0.3 is 9.50 Å². The maximum Gasteiger partial charge on any atom is 0.308 e. The van der Waals surface area contributed by atoms with Crippen LogP contribution in [0, 0.1) is 0 Å². The summed E-state index contributed by atoms with van der Waals surface area (Å²) in [6.07, 6.45) is 1.02. The predicted molar refractivity (Wildman–Crippen MR) is 73.1 cm³/mol. The van der Waals surface area contributed by atoms with Crippen LogP contribution in [-0.2, 0) is 16.7 Å². The maximum absolute atomic E-state index is 11.5. The first kappa shape index (κ1) is 15.0. The van der Waals surface area contributed by atoms with Gasteiger partial charge in [0, 0.05) is 18.2 Å². The van der Waals surface area contributed by atoms with Crippen LogP contribution in [0.4, 0.5) is 0 Å². The van der Waals surface area contributed by atoms with Gasteiger partial charge in [-0.05, 0) is 26.3 Å². The molecule has 0 bridgehead atoms. The first-order chi connectivity index (χ1) is 8.48. The summed E-state index contributed by atoms with van der Waals surface area (Å²) in [5.74, 6) is 0.385. The van der Waals surface area contributed by atoms with Gasteiger partial charge in [-0.2, -0.15) is 8.42 Å². The molecule has 1 N–H and O–H groups in total. The summed E-state index contributed by atoms with van der Waals surface area (Å²) in [6.45, 7) is 6.35. The zero-order chi connectivity index (χ0) is 13.6. The van der Waals surface area contributed by atoms with Crippen LogP contribution in [0.5, 0.6) is 5.75 Å².